The summed E-state index contributed by atoms with van der Waals surface area (Å²) >= 11 is 0. The number of aryl methyl sites for hydroxylation is 1. The van der Waals surface area contributed by atoms with E-state index in [2.05, 4.69) is 46.7 Å². The molecule has 4 rings (SSSR count). The SMILES string of the molecule is C=C1CCC2C3CCc4cc(P)c(C#CC)cc4C3CC[C@]12C. The monoisotopic (exact) mass is 322 g/mol. The molecule has 120 valence electrons. The Morgan fingerprint density at radius 3 is 2.83 bits per heavy atom. The van der Waals surface area contributed by atoms with Gasteiger partial charge < -0.3 is 0 Å². The Balaban J connectivity index is 1.75. The Morgan fingerprint density at radius 1 is 1.22 bits per heavy atom. The minimum absolute atomic E-state index is 0.422. The molecular formula is C22H27P. The zero-order valence-corrected chi connectivity index (χ0v) is 15.6. The highest BCUT2D eigenvalue weighted by Gasteiger charge is 2.51. The van der Waals surface area contributed by atoms with Gasteiger partial charge in [-0.1, -0.05) is 31.1 Å². The minimum atomic E-state index is 0.422. The molecule has 2 saturated carbocycles. The van der Waals surface area contributed by atoms with Crippen LogP contribution in [-0.2, 0) is 6.42 Å². The van der Waals surface area contributed by atoms with E-state index in [0.29, 0.717) is 5.41 Å². The third-order valence-corrected chi connectivity index (χ3v) is 7.59. The fraction of sp³-hybridized carbons (Fsp3) is 0.545. The van der Waals surface area contributed by atoms with Crippen LogP contribution in [-0.4, -0.2) is 0 Å². The van der Waals surface area contributed by atoms with Crippen molar-refractivity contribution in [1.82, 2.24) is 0 Å². The van der Waals surface area contributed by atoms with Crippen LogP contribution in [0.4, 0.5) is 0 Å². The molecule has 0 aromatic heterocycles. The zero-order valence-electron chi connectivity index (χ0n) is 14.4. The van der Waals surface area contributed by atoms with Crippen molar-refractivity contribution in [3.63, 3.8) is 0 Å². The smallest absolute Gasteiger partial charge is 0.0319 e. The van der Waals surface area contributed by atoms with E-state index in [0.717, 1.165) is 17.8 Å². The Hall–Kier alpha value is -1.05. The normalized spacial score (nSPS) is 34.9. The fourth-order valence-electron chi connectivity index (χ4n) is 5.79. The number of fused-ring (bicyclic) bond motifs is 5. The second-order valence-corrected chi connectivity index (χ2v) is 8.65. The highest BCUT2D eigenvalue weighted by atomic mass is 31.0. The second kappa shape index (κ2) is 5.50. The Morgan fingerprint density at radius 2 is 2.04 bits per heavy atom. The van der Waals surface area contributed by atoms with Crippen LogP contribution >= 0.6 is 9.24 Å². The van der Waals surface area contributed by atoms with Crippen LogP contribution in [0.5, 0.6) is 0 Å². The molecule has 0 spiro atoms. The summed E-state index contributed by atoms with van der Waals surface area (Å²) < 4.78 is 0. The molecule has 0 radical (unpaired) electrons. The molecule has 3 aliphatic carbocycles. The molecule has 2 fully saturated rings. The second-order valence-electron chi connectivity index (χ2n) is 8.03. The first kappa shape index (κ1) is 15.5. The molecule has 0 amide bonds. The van der Waals surface area contributed by atoms with Crippen LogP contribution in [0, 0.1) is 29.1 Å². The maximum atomic E-state index is 4.42. The summed E-state index contributed by atoms with van der Waals surface area (Å²) in [5, 5.41) is 1.27. The maximum Gasteiger partial charge on any atom is 0.0319 e. The van der Waals surface area contributed by atoms with Crippen molar-refractivity contribution in [3.05, 3.63) is 41.0 Å². The average Bonchev–Trinajstić information content (AvgIpc) is 2.84. The summed E-state index contributed by atoms with van der Waals surface area (Å²) in [7, 11) is 2.88. The number of benzene rings is 1. The molecule has 0 bridgehead atoms. The van der Waals surface area contributed by atoms with Gasteiger partial charge in [-0.2, -0.15) is 0 Å². The number of rotatable bonds is 0. The van der Waals surface area contributed by atoms with Crippen molar-refractivity contribution < 1.29 is 0 Å². The van der Waals surface area contributed by atoms with Crippen LogP contribution < -0.4 is 5.30 Å². The lowest BCUT2D eigenvalue weighted by Gasteiger charge is -2.49. The van der Waals surface area contributed by atoms with Gasteiger partial charge in [0.05, 0.1) is 0 Å². The molecule has 5 atom stereocenters. The quantitative estimate of drug-likeness (QED) is 0.359. The van der Waals surface area contributed by atoms with Crippen LogP contribution in [0.15, 0.2) is 24.3 Å². The minimum Gasteiger partial charge on any atom is -0.104 e. The Kier molecular flexibility index (Phi) is 3.70. The van der Waals surface area contributed by atoms with E-state index in [1.54, 1.807) is 11.1 Å². The molecule has 1 heteroatoms. The zero-order chi connectivity index (χ0) is 16.2. The molecule has 23 heavy (non-hydrogen) atoms. The molecule has 1 aromatic rings. The third kappa shape index (κ3) is 2.24. The fourth-order valence-corrected chi connectivity index (χ4v) is 6.15. The van der Waals surface area contributed by atoms with Gasteiger partial charge in [0.1, 0.15) is 0 Å². The summed E-state index contributed by atoms with van der Waals surface area (Å²) in [5.41, 5.74) is 6.36. The van der Waals surface area contributed by atoms with Crippen LogP contribution in [0.25, 0.3) is 0 Å². The van der Waals surface area contributed by atoms with Gasteiger partial charge in [0, 0.05) is 5.56 Å². The molecule has 0 saturated heterocycles. The molecule has 0 nitrogen and oxygen atoms in total. The molecule has 0 aliphatic heterocycles. The van der Waals surface area contributed by atoms with E-state index in [1.807, 2.05) is 6.92 Å². The first-order valence-corrected chi connectivity index (χ1v) is 9.65. The largest absolute Gasteiger partial charge is 0.104 e. The van der Waals surface area contributed by atoms with Crippen molar-refractivity contribution in [2.75, 3.05) is 0 Å². The van der Waals surface area contributed by atoms with Crippen molar-refractivity contribution in [2.45, 2.75) is 58.3 Å². The van der Waals surface area contributed by atoms with Crippen molar-refractivity contribution in [3.8, 4) is 11.8 Å². The van der Waals surface area contributed by atoms with E-state index in [4.69, 9.17) is 0 Å². The van der Waals surface area contributed by atoms with Crippen molar-refractivity contribution in [1.29, 1.82) is 0 Å². The molecule has 4 unspecified atom stereocenters. The predicted octanol–water partition coefficient (Wildman–Crippen LogP) is 4.97. The number of allylic oxidation sites excluding steroid dienone is 1. The van der Waals surface area contributed by atoms with Crippen LogP contribution in [0.1, 0.15) is 68.6 Å². The van der Waals surface area contributed by atoms with Crippen LogP contribution in [0.2, 0.25) is 0 Å². The van der Waals surface area contributed by atoms with Gasteiger partial charge in [-0.3, -0.25) is 0 Å². The standard InChI is InChI=1S/C22H27P/c1-4-5-16-12-19-15(13-21(16)23)7-8-18-17(19)10-11-22(3)14(2)6-9-20(18)22/h12-13,17-18,20H,2,6-11,23H2,1,3H3/t17?,18?,20?,22-/m1/s1. The Labute approximate surface area is 143 Å². The number of hydrogen-bond donors (Lipinski definition) is 0. The van der Waals surface area contributed by atoms with Gasteiger partial charge in [-0.05, 0) is 91.1 Å². The topological polar surface area (TPSA) is 0 Å². The highest BCUT2D eigenvalue weighted by Crippen LogP contribution is 2.62. The third-order valence-electron chi connectivity index (χ3n) is 7.11. The lowest BCUT2D eigenvalue weighted by atomic mass is 9.55. The van der Waals surface area contributed by atoms with Gasteiger partial charge in [0.2, 0.25) is 0 Å². The van der Waals surface area contributed by atoms with E-state index < -0.39 is 0 Å². The highest BCUT2D eigenvalue weighted by molar-refractivity contribution is 7.27. The lowest BCUT2D eigenvalue weighted by Crippen LogP contribution is -2.40. The van der Waals surface area contributed by atoms with E-state index in [9.17, 15) is 0 Å². The van der Waals surface area contributed by atoms with E-state index in [1.165, 1.54) is 55.0 Å². The van der Waals surface area contributed by atoms with Gasteiger partial charge in [-0.25, -0.2) is 0 Å². The molecule has 3 aliphatic rings. The van der Waals surface area contributed by atoms with Crippen molar-refractivity contribution >= 4 is 14.5 Å². The predicted molar refractivity (Wildman–Crippen MR) is 102 cm³/mol. The molecule has 0 heterocycles. The van der Waals surface area contributed by atoms with Crippen LogP contribution in [0.3, 0.4) is 0 Å². The molecular weight excluding hydrogens is 295 g/mol. The first-order chi connectivity index (χ1) is 11.0. The number of hydrogen-bond acceptors (Lipinski definition) is 0. The summed E-state index contributed by atoms with van der Waals surface area (Å²) in [5.74, 6) is 8.85. The summed E-state index contributed by atoms with van der Waals surface area (Å²) in [6.07, 6.45) is 7.90. The first-order valence-electron chi connectivity index (χ1n) is 9.08. The van der Waals surface area contributed by atoms with E-state index >= 15 is 0 Å². The van der Waals surface area contributed by atoms with Crippen molar-refractivity contribution in [2.24, 2.45) is 17.3 Å². The Bertz CT molecular complexity index is 732. The van der Waals surface area contributed by atoms with Gasteiger partial charge in [0.15, 0.2) is 0 Å². The lowest BCUT2D eigenvalue weighted by molar-refractivity contribution is 0.0817. The summed E-state index contributed by atoms with van der Waals surface area (Å²) in [4.78, 5) is 0. The van der Waals surface area contributed by atoms with E-state index in [-0.39, 0.29) is 0 Å². The summed E-state index contributed by atoms with van der Waals surface area (Å²) in [6, 6.07) is 4.80. The van der Waals surface area contributed by atoms with Gasteiger partial charge in [-0.15, -0.1) is 15.2 Å². The average molecular weight is 322 g/mol. The maximum absolute atomic E-state index is 4.42. The van der Waals surface area contributed by atoms with Gasteiger partial charge >= 0.3 is 0 Å². The molecule has 1 aromatic carbocycles. The van der Waals surface area contributed by atoms with Gasteiger partial charge in [0.25, 0.3) is 0 Å². The molecule has 0 N–H and O–H groups in total. The summed E-state index contributed by atoms with van der Waals surface area (Å²) in [6.45, 7) is 8.85.